The number of hydrogen-bond donors (Lipinski definition) is 0. The average Bonchev–Trinajstić information content (AvgIpc) is 1.23. The maximum Gasteiger partial charge on any atom is 0.410 e. The van der Waals surface area contributed by atoms with E-state index < -0.39 is 39.2 Å². The van der Waals surface area contributed by atoms with Crippen LogP contribution in [-0.4, -0.2) is 283 Å². The summed E-state index contributed by atoms with van der Waals surface area (Å²) < 4.78 is 152. The van der Waals surface area contributed by atoms with E-state index in [1.54, 1.807) is 67.5 Å². The van der Waals surface area contributed by atoms with E-state index in [-0.39, 0.29) is 73.8 Å². The summed E-state index contributed by atoms with van der Waals surface area (Å²) in [7, 11) is -8.55. The largest absolute Gasteiger partial charge is 0.476 e. The lowest BCUT2D eigenvalue weighted by Gasteiger charge is -2.40. The van der Waals surface area contributed by atoms with Crippen molar-refractivity contribution in [1.82, 2.24) is 38.3 Å². The van der Waals surface area contributed by atoms with Gasteiger partial charge in [0, 0.05) is 122 Å². The number of rotatable bonds is 24. The van der Waals surface area contributed by atoms with Crippen LogP contribution in [0.25, 0.3) is 0 Å². The number of benzene rings is 1. The zero-order chi connectivity index (χ0) is 77.9. The number of anilines is 2. The summed E-state index contributed by atoms with van der Waals surface area (Å²) in [6.45, 7) is 29.5. The maximum atomic E-state index is 12.8. The molecule has 11 aliphatic rings. The Hall–Kier alpha value is -5.27. The molecule has 0 unspecified atom stereocenters. The molecule has 2 saturated carbocycles. The van der Waals surface area contributed by atoms with E-state index in [2.05, 4.69) is 32.3 Å². The molecule has 31 nitrogen and oxygen atoms in total. The fourth-order valence-corrected chi connectivity index (χ4v) is 20.2. The number of thiocyanates is 1. The number of aryl methyl sites for hydroxylation is 1. The second kappa shape index (κ2) is 35.8. The van der Waals surface area contributed by atoms with Gasteiger partial charge >= 0.3 is 12.2 Å². The van der Waals surface area contributed by atoms with Gasteiger partial charge in [-0.2, -0.15) is 22.3 Å². The summed E-state index contributed by atoms with van der Waals surface area (Å²) in [5, 5.41) is 10.3. The number of aromatic nitrogens is 4. The van der Waals surface area contributed by atoms with Gasteiger partial charge in [0.2, 0.25) is 40.9 Å². The third-order valence-electron chi connectivity index (χ3n) is 20.8. The van der Waals surface area contributed by atoms with E-state index in [0.29, 0.717) is 174 Å². The van der Waals surface area contributed by atoms with Gasteiger partial charge in [0.25, 0.3) is 10.1 Å². The minimum atomic E-state index is -3.64. The first-order valence-corrected chi connectivity index (χ1v) is 45.0. The SMILES string of the molecule is CC1(CS(=O)(=O)Cl)COC1.CC1(CS(=O)(=O)N2CCN(c3cnc(OCC4CCN(C(=O)OC5(C)CC5)CC4)cn3)CC2)COC1.CC1(CS(=O)(=O)N2CCN(c3cnc(OCC4CCN(C(=O)OC5(C)CC5)CC4)cn3)CC2)COC1.CC1(CSC#N)COC1.Cc1ccc(S(=O)(=O)OCC2(C)COC2)cc1. The molecule has 1 aromatic carbocycles. The normalized spacial score (nSPS) is 23.1. The van der Waals surface area contributed by atoms with Gasteiger partial charge in [0.1, 0.15) is 28.2 Å². The first kappa shape index (κ1) is 85.2. The highest BCUT2D eigenvalue weighted by Crippen LogP contribution is 2.41. The third-order valence-corrected chi connectivity index (χ3v) is 28.9. The van der Waals surface area contributed by atoms with Crippen LogP contribution in [0.4, 0.5) is 21.2 Å². The molecule has 14 rings (SSSR count). The van der Waals surface area contributed by atoms with E-state index >= 15 is 0 Å². The lowest BCUT2D eigenvalue weighted by atomic mass is 9.90. The first-order valence-electron chi connectivity index (χ1n) is 37.0. The van der Waals surface area contributed by atoms with E-state index in [9.17, 15) is 43.3 Å². The van der Waals surface area contributed by atoms with Gasteiger partial charge in [-0.1, -0.05) is 52.3 Å². The summed E-state index contributed by atoms with van der Waals surface area (Å²) in [4.78, 5) is 50.2. The molecule has 2 amide bonds. The molecule has 2 aliphatic carbocycles. The molecule has 604 valence electrons. The number of hydrogen-bond acceptors (Lipinski definition) is 28. The fourth-order valence-electron chi connectivity index (χ4n) is 12.9. The van der Waals surface area contributed by atoms with Crippen molar-refractivity contribution in [3.05, 3.63) is 54.6 Å². The van der Waals surface area contributed by atoms with Crippen molar-refractivity contribution < 1.29 is 90.1 Å². The Balaban J connectivity index is 0.000000160. The first-order chi connectivity index (χ1) is 50.9. The lowest BCUT2D eigenvalue weighted by molar-refractivity contribution is -0.119. The molecule has 108 heavy (non-hydrogen) atoms. The molecule has 0 atom stereocenters. The van der Waals surface area contributed by atoms with Crippen LogP contribution in [0, 0.1) is 56.5 Å². The molecule has 9 aliphatic heterocycles. The summed E-state index contributed by atoms with van der Waals surface area (Å²) in [6.07, 6.45) is 13.5. The molecular weight excluding hydrogens is 1520 g/mol. The minimum absolute atomic E-state index is 0.0154. The summed E-state index contributed by atoms with van der Waals surface area (Å²) in [5.74, 6) is 4.28. The molecule has 3 aromatic rings. The van der Waals surface area contributed by atoms with Crippen LogP contribution >= 0.6 is 22.4 Å². The molecule has 0 N–H and O–H groups in total. The number of piperazine rings is 2. The summed E-state index contributed by atoms with van der Waals surface area (Å²) >= 11 is 1.32. The van der Waals surface area contributed by atoms with Gasteiger partial charge in [-0.3, -0.25) is 4.18 Å². The molecule has 0 bridgehead atoms. The Labute approximate surface area is 646 Å². The molecule has 9 saturated heterocycles. The zero-order valence-corrected chi connectivity index (χ0v) is 68.3. The Kier molecular flexibility index (Phi) is 28.3. The molecule has 0 radical (unpaired) electrons. The van der Waals surface area contributed by atoms with Crippen molar-refractivity contribution in [2.75, 3.05) is 197 Å². The van der Waals surface area contributed by atoms with E-state index in [1.165, 1.54) is 11.8 Å². The molecule has 0 spiro atoms. The average molecular weight is 1630 g/mol. The molecule has 11 heterocycles. The Morgan fingerprint density at radius 2 is 0.870 bits per heavy atom. The van der Waals surface area contributed by atoms with Crippen molar-refractivity contribution >= 4 is 85.5 Å². The predicted octanol–water partition coefficient (Wildman–Crippen LogP) is 7.06. The number of carbonyl (C=O) groups is 2. The maximum absolute atomic E-state index is 12.8. The molecule has 37 heteroatoms. The molecule has 2 aromatic heterocycles. The smallest absolute Gasteiger partial charge is 0.410 e. The van der Waals surface area contributed by atoms with Gasteiger partial charge in [-0.25, -0.2) is 54.8 Å². The van der Waals surface area contributed by atoms with Crippen molar-refractivity contribution in [1.29, 1.82) is 5.26 Å². The minimum Gasteiger partial charge on any atom is -0.476 e. The van der Waals surface area contributed by atoms with Crippen LogP contribution in [-0.2, 0) is 76.6 Å². The zero-order valence-electron chi connectivity index (χ0n) is 63.4. The number of likely N-dealkylation sites (tertiary alicyclic amines) is 2. The Morgan fingerprint density at radius 1 is 0.509 bits per heavy atom. The van der Waals surface area contributed by atoms with E-state index in [1.807, 2.05) is 58.3 Å². The van der Waals surface area contributed by atoms with Crippen molar-refractivity contribution in [2.45, 2.75) is 123 Å². The van der Waals surface area contributed by atoms with Crippen molar-refractivity contribution in [2.24, 2.45) is 38.9 Å². The quantitative estimate of drug-likeness (QED) is 0.0492. The third kappa shape index (κ3) is 25.4. The Morgan fingerprint density at radius 3 is 1.17 bits per heavy atom. The van der Waals surface area contributed by atoms with Gasteiger partial charge in [0.05, 0.1) is 133 Å². The van der Waals surface area contributed by atoms with Gasteiger partial charge in [-0.05, 0) is 108 Å². The lowest BCUT2D eigenvalue weighted by Crippen LogP contribution is -2.53. The number of carbonyl (C=O) groups excluding carboxylic acids is 2. The standard InChI is InChI=1S/2C24H37N5O6S.C12H16O4S.C6H9NOS.C5H9ClO3S/c2*1-23(16-33-17-23)18-36(31,32)29-11-9-27(10-12-29)20-13-26-21(14-25-20)34-15-19-3-7-28(8-4-19)22(30)35-24(2)5-6-24;1-10-3-5-11(6-4-10)17(13,14)16-9-12(2)7-15-8-12;1-6(2-8-3-6)4-9-5-7;1-5(2-9-3-5)4-10(6,7)8/h2*13-14,19H,3-12,15-18H2,1-2H3;3-6H,7-9H2,1-2H3;2-4H2,1H3;2-4H2,1H3. The second-order valence-corrected chi connectivity index (χ2v) is 42.0. The molecule has 11 fully saturated rings. The number of thioether (sulfide) groups is 1. The van der Waals surface area contributed by atoms with E-state index in [0.717, 1.165) is 87.5 Å². The predicted molar refractivity (Wildman–Crippen MR) is 404 cm³/mol. The number of nitriles is 1. The monoisotopic (exact) mass is 1630 g/mol. The number of nitrogens with zero attached hydrogens (tertiary/aromatic N) is 11. The van der Waals surface area contributed by atoms with Crippen LogP contribution in [0.2, 0.25) is 0 Å². The number of sulfonamides is 2. The number of halogens is 1. The summed E-state index contributed by atoms with van der Waals surface area (Å²) in [6, 6.07) is 6.63. The topological polar surface area (TPSA) is 358 Å². The highest BCUT2D eigenvalue weighted by atomic mass is 35.7. The van der Waals surface area contributed by atoms with Crippen LogP contribution in [0.5, 0.6) is 11.8 Å². The number of piperidine rings is 2. The van der Waals surface area contributed by atoms with E-state index in [4.69, 9.17) is 62.8 Å². The van der Waals surface area contributed by atoms with Crippen molar-refractivity contribution in [3.8, 4) is 17.2 Å². The number of amides is 2. The highest BCUT2D eigenvalue weighted by molar-refractivity contribution is 8.13. The second-order valence-electron chi connectivity index (χ2n) is 32.9. The molecular formula is C71H108ClN11O20S5. The van der Waals surface area contributed by atoms with Crippen molar-refractivity contribution in [3.63, 3.8) is 0 Å². The van der Waals surface area contributed by atoms with Crippen LogP contribution < -0.4 is 19.3 Å². The Bertz CT molecular complexity index is 3810. The van der Waals surface area contributed by atoms with Crippen LogP contribution in [0.3, 0.4) is 0 Å². The number of ether oxygens (including phenoxy) is 9. The van der Waals surface area contributed by atoms with Crippen LogP contribution in [0.15, 0.2) is 53.9 Å². The van der Waals surface area contributed by atoms with Crippen LogP contribution in [0.1, 0.15) is 105 Å². The van der Waals surface area contributed by atoms with Gasteiger partial charge in [-0.15, -0.1) is 0 Å². The summed E-state index contributed by atoms with van der Waals surface area (Å²) in [5.41, 5.74) is -0.112. The van der Waals surface area contributed by atoms with Gasteiger partial charge < -0.3 is 62.2 Å². The highest BCUT2D eigenvalue weighted by Gasteiger charge is 2.46. The fraction of sp³-hybridized carbons (Fsp3) is 0.761. The van der Waals surface area contributed by atoms with Gasteiger partial charge in [0.15, 0.2) is 0 Å².